The smallest absolute Gasteiger partial charge is 0.140 e. The SMILES string of the molecule is Cc1ccccc1Oc1ccc(N)cc1I. The summed E-state index contributed by atoms with van der Waals surface area (Å²) in [4.78, 5) is 0. The fourth-order valence-electron chi connectivity index (χ4n) is 1.39. The molecule has 0 radical (unpaired) electrons. The molecule has 3 heteroatoms. The van der Waals surface area contributed by atoms with E-state index in [1.807, 2.05) is 49.4 Å². The van der Waals surface area contributed by atoms with Crippen molar-refractivity contribution in [3.63, 3.8) is 0 Å². The van der Waals surface area contributed by atoms with Crippen molar-refractivity contribution in [3.8, 4) is 11.5 Å². The first-order valence-corrected chi connectivity index (χ1v) is 6.03. The van der Waals surface area contributed by atoms with Crippen molar-refractivity contribution in [3.05, 3.63) is 51.6 Å². The quantitative estimate of drug-likeness (QED) is 0.670. The first kappa shape index (κ1) is 11.3. The molecule has 0 saturated heterocycles. The van der Waals surface area contributed by atoms with Gasteiger partial charge in [-0.15, -0.1) is 0 Å². The predicted octanol–water partition coefficient (Wildman–Crippen LogP) is 3.97. The van der Waals surface area contributed by atoms with E-state index in [0.717, 1.165) is 26.3 Å². The zero-order valence-electron chi connectivity index (χ0n) is 8.91. The van der Waals surface area contributed by atoms with E-state index in [4.69, 9.17) is 10.5 Å². The summed E-state index contributed by atoms with van der Waals surface area (Å²) in [6, 6.07) is 13.6. The number of nitrogen functional groups attached to an aromatic ring is 1. The molecule has 0 saturated carbocycles. The van der Waals surface area contributed by atoms with E-state index in [2.05, 4.69) is 22.6 Å². The van der Waals surface area contributed by atoms with E-state index in [1.165, 1.54) is 0 Å². The Morgan fingerprint density at radius 1 is 1.06 bits per heavy atom. The van der Waals surface area contributed by atoms with Gasteiger partial charge >= 0.3 is 0 Å². The third kappa shape index (κ3) is 2.47. The Kier molecular flexibility index (Phi) is 3.33. The molecule has 0 unspecified atom stereocenters. The van der Waals surface area contributed by atoms with Crippen molar-refractivity contribution >= 4 is 28.3 Å². The summed E-state index contributed by atoms with van der Waals surface area (Å²) < 4.78 is 6.85. The molecule has 16 heavy (non-hydrogen) atoms. The third-order valence-corrected chi connectivity index (χ3v) is 3.11. The van der Waals surface area contributed by atoms with Crippen molar-refractivity contribution in [1.29, 1.82) is 0 Å². The maximum absolute atomic E-state index is 5.83. The Morgan fingerprint density at radius 2 is 1.81 bits per heavy atom. The van der Waals surface area contributed by atoms with Crippen LogP contribution in [-0.4, -0.2) is 0 Å². The van der Waals surface area contributed by atoms with Crippen molar-refractivity contribution in [2.45, 2.75) is 6.92 Å². The number of rotatable bonds is 2. The monoisotopic (exact) mass is 325 g/mol. The molecule has 2 N–H and O–H groups in total. The number of benzene rings is 2. The molecule has 0 aromatic heterocycles. The summed E-state index contributed by atoms with van der Waals surface area (Å²) in [5.41, 5.74) is 7.56. The Labute approximate surface area is 109 Å². The molecule has 0 amide bonds. The van der Waals surface area contributed by atoms with Gasteiger partial charge in [0.2, 0.25) is 0 Å². The van der Waals surface area contributed by atoms with E-state index >= 15 is 0 Å². The van der Waals surface area contributed by atoms with Gasteiger partial charge in [0.05, 0.1) is 3.57 Å². The van der Waals surface area contributed by atoms with Crippen LogP contribution in [0.1, 0.15) is 5.56 Å². The van der Waals surface area contributed by atoms with Crippen molar-refractivity contribution in [1.82, 2.24) is 0 Å². The van der Waals surface area contributed by atoms with E-state index in [-0.39, 0.29) is 0 Å². The molecule has 0 aliphatic heterocycles. The zero-order chi connectivity index (χ0) is 11.5. The molecule has 0 aliphatic carbocycles. The fourth-order valence-corrected chi connectivity index (χ4v) is 2.04. The molecular weight excluding hydrogens is 313 g/mol. The van der Waals surface area contributed by atoms with Crippen LogP contribution in [-0.2, 0) is 0 Å². The maximum Gasteiger partial charge on any atom is 0.140 e. The van der Waals surface area contributed by atoms with E-state index in [1.54, 1.807) is 0 Å². The molecule has 0 fully saturated rings. The molecule has 2 aromatic carbocycles. The number of ether oxygens (including phenoxy) is 1. The third-order valence-electron chi connectivity index (χ3n) is 2.27. The van der Waals surface area contributed by atoms with Crippen molar-refractivity contribution in [2.24, 2.45) is 0 Å². The standard InChI is InChI=1S/C13H12INO/c1-9-4-2-3-5-12(9)16-13-7-6-10(15)8-11(13)14/h2-8H,15H2,1H3. The largest absolute Gasteiger partial charge is 0.456 e. The average Bonchev–Trinajstić information content (AvgIpc) is 2.25. The maximum atomic E-state index is 5.83. The molecule has 2 rings (SSSR count). The summed E-state index contributed by atoms with van der Waals surface area (Å²) in [7, 11) is 0. The highest BCUT2D eigenvalue weighted by molar-refractivity contribution is 14.1. The summed E-state index contributed by atoms with van der Waals surface area (Å²) in [5.74, 6) is 1.72. The van der Waals surface area contributed by atoms with Gasteiger partial charge in [0, 0.05) is 5.69 Å². The highest BCUT2D eigenvalue weighted by Crippen LogP contribution is 2.29. The van der Waals surface area contributed by atoms with Gasteiger partial charge in [-0.2, -0.15) is 0 Å². The summed E-state index contributed by atoms with van der Waals surface area (Å²) in [5, 5.41) is 0. The average molecular weight is 325 g/mol. The van der Waals surface area contributed by atoms with Crippen LogP contribution in [0.15, 0.2) is 42.5 Å². The van der Waals surface area contributed by atoms with Gasteiger partial charge in [0.25, 0.3) is 0 Å². The van der Waals surface area contributed by atoms with Crippen LogP contribution in [0.25, 0.3) is 0 Å². The molecule has 82 valence electrons. The second kappa shape index (κ2) is 4.74. The molecule has 2 aromatic rings. The van der Waals surface area contributed by atoms with Gasteiger partial charge in [-0.1, -0.05) is 18.2 Å². The number of aryl methyl sites for hydroxylation is 1. The van der Waals surface area contributed by atoms with Crippen LogP contribution in [0.4, 0.5) is 5.69 Å². The lowest BCUT2D eigenvalue weighted by Gasteiger charge is -2.10. The normalized spacial score (nSPS) is 10.1. The molecule has 0 aliphatic rings. The Hall–Kier alpha value is -1.23. The van der Waals surface area contributed by atoms with Gasteiger partial charge < -0.3 is 10.5 Å². The fraction of sp³-hybridized carbons (Fsp3) is 0.0769. The Bertz CT molecular complexity index is 511. The van der Waals surface area contributed by atoms with Crippen molar-refractivity contribution < 1.29 is 4.74 Å². The van der Waals surface area contributed by atoms with E-state index in [0.29, 0.717) is 0 Å². The molecular formula is C13H12INO. The lowest BCUT2D eigenvalue weighted by molar-refractivity contribution is 0.475. The van der Waals surface area contributed by atoms with Gasteiger partial charge in [-0.3, -0.25) is 0 Å². The van der Waals surface area contributed by atoms with Gasteiger partial charge in [0.15, 0.2) is 0 Å². The van der Waals surface area contributed by atoms with Gasteiger partial charge in [-0.25, -0.2) is 0 Å². The van der Waals surface area contributed by atoms with Gasteiger partial charge in [-0.05, 0) is 59.3 Å². The number of halogens is 1. The van der Waals surface area contributed by atoms with Gasteiger partial charge in [0.1, 0.15) is 11.5 Å². The highest BCUT2D eigenvalue weighted by Gasteiger charge is 2.04. The molecule has 2 nitrogen and oxygen atoms in total. The van der Waals surface area contributed by atoms with E-state index < -0.39 is 0 Å². The number of nitrogens with two attached hydrogens (primary N) is 1. The second-order valence-electron chi connectivity index (χ2n) is 3.56. The molecule has 0 spiro atoms. The summed E-state index contributed by atoms with van der Waals surface area (Å²) in [6.07, 6.45) is 0. The lowest BCUT2D eigenvalue weighted by atomic mass is 10.2. The van der Waals surface area contributed by atoms with Crippen LogP contribution in [0.5, 0.6) is 11.5 Å². The first-order valence-electron chi connectivity index (χ1n) is 4.95. The molecule has 0 atom stereocenters. The van der Waals surface area contributed by atoms with Crippen molar-refractivity contribution in [2.75, 3.05) is 5.73 Å². The zero-order valence-corrected chi connectivity index (χ0v) is 11.1. The van der Waals surface area contributed by atoms with Crippen LogP contribution < -0.4 is 10.5 Å². The lowest BCUT2D eigenvalue weighted by Crippen LogP contribution is -1.91. The molecule has 0 heterocycles. The Morgan fingerprint density at radius 3 is 2.50 bits per heavy atom. The minimum atomic E-state index is 0.751. The minimum absolute atomic E-state index is 0.751. The second-order valence-corrected chi connectivity index (χ2v) is 4.72. The first-order chi connectivity index (χ1) is 7.66. The predicted molar refractivity (Wildman–Crippen MR) is 74.8 cm³/mol. The van der Waals surface area contributed by atoms with Crippen LogP contribution in [0.3, 0.4) is 0 Å². The highest BCUT2D eigenvalue weighted by atomic mass is 127. The minimum Gasteiger partial charge on any atom is -0.456 e. The summed E-state index contributed by atoms with van der Waals surface area (Å²) >= 11 is 2.22. The topological polar surface area (TPSA) is 35.2 Å². The summed E-state index contributed by atoms with van der Waals surface area (Å²) in [6.45, 7) is 2.03. The molecule has 0 bridgehead atoms. The number of hydrogen-bond acceptors (Lipinski definition) is 2. The van der Waals surface area contributed by atoms with E-state index in [9.17, 15) is 0 Å². The van der Waals surface area contributed by atoms with Crippen LogP contribution in [0.2, 0.25) is 0 Å². The number of anilines is 1. The van der Waals surface area contributed by atoms with Crippen LogP contribution >= 0.6 is 22.6 Å². The van der Waals surface area contributed by atoms with Crippen LogP contribution in [0, 0.1) is 10.5 Å². The Balaban J connectivity index is 2.31. The number of para-hydroxylation sites is 1. The number of hydrogen-bond donors (Lipinski definition) is 1.